The summed E-state index contributed by atoms with van der Waals surface area (Å²) in [5.74, 6) is 0.764. The van der Waals surface area contributed by atoms with Gasteiger partial charge in [0.1, 0.15) is 5.75 Å². The highest BCUT2D eigenvalue weighted by atomic mass is 32.1. The summed E-state index contributed by atoms with van der Waals surface area (Å²) in [5.41, 5.74) is 1.84. The number of thiazole rings is 1. The summed E-state index contributed by atoms with van der Waals surface area (Å²) in [6.45, 7) is 6.78. The fraction of sp³-hybridized carbons (Fsp3) is 0.412. The lowest BCUT2D eigenvalue weighted by Gasteiger charge is -2.13. The first kappa shape index (κ1) is 17.4. The number of ether oxygens (including phenoxy) is 1. The van der Waals surface area contributed by atoms with Gasteiger partial charge in [-0.2, -0.15) is 0 Å². The molecular weight excluding hydrogens is 310 g/mol. The minimum absolute atomic E-state index is 0.00706. The highest BCUT2D eigenvalue weighted by Gasteiger charge is 2.11. The first-order chi connectivity index (χ1) is 11.0. The Hall–Kier alpha value is -1.92. The van der Waals surface area contributed by atoms with Gasteiger partial charge in [-0.1, -0.05) is 0 Å². The Labute approximate surface area is 141 Å². The van der Waals surface area contributed by atoms with Crippen molar-refractivity contribution in [1.82, 2.24) is 10.3 Å². The Balaban J connectivity index is 1.78. The molecule has 0 spiro atoms. The van der Waals surface area contributed by atoms with E-state index in [0.29, 0.717) is 6.42 Å². The second-order valence-electron chi connectivity index (χ2n) is 5.50. The number of aryl methyl sites for hydroxylation is 2. The first-order valence-electron chi connectivity index (χ1n) is 7.58. The zero-order chi connectivity index (χ0) is 16.8. The van der Waals surface area contributed by atoms with Crippen LogP contribution >= 0.6 is 11.3 Å². The van der Waals surface area contributed by atoms with Crippen molar-refractivity contribution in [1.29, 1.82) is 0 Å². The molecule has 0 bridgehead atoms. The Kier molecular flexibility index (Phi) is 6.12. The van der Waals surface area contributed by atoms with Crippen molar-refractivity contribution < 1.29 is 9.53 Å². The molecule has 6 heteroatoms. The molecule has 23 heavy (non-hydrogen) atoms. The highest BCUT2D eigenvalue weighted by molar-refractivity contribution is 7.11. The summed E-state index contributed by atoms with van der Waals surface area (Å²) in [5, 5.41) is 7.34. The SMILES string of the molecule is COc1ccc(NC(=O)C[C@@H](C)NCc2sc(C)nc2C)cc1. The summed E-state index contributed by atoms with van der Waals surface area (Å²) in [6.07, 6.45) is 0.420. The number of hydrogen-bond acceptors (Lipinski definition) is 5. The van der Waals surface area contributed by atoms with Gasteiger partial charge in [0.05, 0.1) is 17.8 Å². The van der Waals surface area contributed by atoms with Gasteiger partial charge in [0.25, 0.3) is 0 Å². The molecule has 2 aromatic rings. The molecule has 0 radical (unpaired) electrons. The van der Waals surface area contributed by atoms with Crippen LogP contribution in [-0.4, -0.2) is 24.0 Å². The number of carbonyl (C=O) groups excluding carboxylic acids is 1. The van der Waals surface area contributed by atoms with Crippen LogP contribution in [0.2, 0.25) is 0 Å². The van der Waals surface area contributed by atoms with Crippen LogP contribution in [0, 0.1) is 13.8 Å². The zero-order valence-electron chi connectivity index (χ0n) is 14.0. The average molecular weight is 333 g/mol. The van der Waals surface area contributed by atoms with E-state index in [-0.39, 0.29) is 11.9 Å². The van der Waals surface area contributed by atoms with Crippen LogP contribution in [0.4, 0.5) is 5.69 Å². The van der Waals surface area contributed by atoms with Crippen molar-refractivity contribution in [3.05, 3.63) is 39.8 Å². The van der Waals surface area contributed by atoms with Gasteiger partial charge < -0.3 is 15.4 Å². The van der Waals surface area contributed by atoms with Gasteiger partial charge in [0.2, 0.25) is 5.91 Å². The van der Waals surface area contributed by atoms with Crippen molar-refractivity contribution in [3.8, 4) is 5.75 Å². The van der Waals surface area contributed by atoms with Crippen LogP contribution in [0.1, 0.15) is 28.9 Å². The fourth-order valence-electron chi connectivity index (χ4n) is 2.24. The number of methoxy groups -OCH3 is 1. The van der Waals surface area contributed by atoms with Gasteiger partial charge in [-0.15, -0.1) is 11.3 Å². The minimum atomic E-state index is -0.00706. The molecule has 0 aliphatic heterocycles. The van der Waals surface area contributed by atoms with Crippen LogP contribution in [-0.2, 0) is 11.3 Å². The maximum absolute atomic E-state index is 12.1. The van der Waals surface area contributed by atoms with Gasteiger partial charge in [0.15, 0.2) is 0 Å². The molecule has 2 rings (SSSR count). The summed E-state index contributed by atoms with van der Waals surface area (Å²) in [4.78, 5) is 17.7. The topological polar surface area (TPSA) is 63.2 Å². The Morgan fingerprint density at radius 2 is 2.00 bits per heavy atom. The van der Waals surface area contributed by atoms with E-state index in [2.05, 4.69) is 15.6 Å². The fourth-order valence-corrected chi connectivity index (χ4v) is 3.13. The monoisotopic (exact) mass is 333 g/mol. The number of rotatable bonds is 7. The molecule has 1 aromatic carbocycles. The van der Waals surface area contributed by atoms with E-state index in [4.69, 9.17) is 4.74 Å². The van der Waals surface area contributed by atoms with Crippen LogP contribution in [0.3, 0.4) is 0 Å². The van der Waals surface area contributed by atoms with Crippen molar-refractivity contribution >= 4 is 22.9 Å². The summed E-state index contributed by atoms with van der Waals surface area (Å²) >= 11 is 1.70. The molecule has 1 heterocycles. The normalized spacial score (nSPS) is 12.0. The molecule has 0 aliphatic carbocycles. The molecule has 1 aromatic heterocycles. The minimum Gasteiger partial charge on any atom is -0.497 e. The molecular formula is C17H23N3O2S. The zero-order valence-corrected chi connectivity index (χ0v) is 14.8. The van der Waals surface area contributed by atoms with E-state index in [1.165, 1.54) is 4.88 Å². The molecule has 0 saturated carbocycles. The molecule has 5 nitrogen and oxygen atoms in total. The summed E-state index contributed by atoms with van der Waals surface area (Å²) in [6, 6.07) is 7.41. The number of nitrogens with zero attached hydrogens (tertiary/aromatic N) is 1. The molecule has 1 atom stereocenters. The Bertz CT molecular complexity index is 652. The Morgan fingerprint density at radius 3 is 2.57 bits per heavy atom. The van der Waals surface area contributed by atoms with Gasteiger partial charge in [-0.05, 0) is 45.0 Å². The van der Waals surface area contributed by atoms with Gasteiger partial charge in [-0.3, -0.25) is 4.79 Å². The highest BCUT2D eigenvalue weighted by Crippen LogP contribution is 2.17. The summed E-state index contributed by atoms with van der Waals surface area (Å²) in [7, 11) is 1.62. The molecule has 124 valence electrons. The number of nitrogens with one attached hydrogen (secondary N) is 2. The van der Waals surface area contributed by atoms with Crippen LogP contribution < -0.4 is 15.4 Å². The largest absolute Gasteiger partial charge is 0.497 e. The third kappa shape index (κ3) is 5.33. The van der Waals surface area contributed by atoms with Crippen LogP contribution in [0.5, 0.6) is 5.75 Å². The van der Waals surface area contributed by atoms with E-state index in [1.807, 2.05) is 45.0 Å². The maximum atomic E-state index is 12.1. The van der Waals surface area contributed by atoms with Crippen molar-refractivity contribution in [2.45, 2.75) is 39.8 Å². The number of aromatic nitrogens is 1. The number of hydrogen-bond donors (Lipinski definition) is 2. The van der Waals surface area contributed by atoms with Gasteiger partial charge >= 0.3 is 0 Å². The number of carbonyl (C=O) groups is 1. The van der Waals surface area contributed by atoms with E-state index >= 15 is 0 Å². The molecule has 0 saturated heterocycles. The number of benzene rings is 1. The van der Waals surface area contributed by atoms with E-state index in [9.17, 15) is 4.79 Å². The maximum Gasteiger partial charge on any atom is 0.225 e. The van der Waals surface area contributed by atoms with E-state index < -0.39 is 0 Å². The standard InChI is InChI=1S/C17H23N3O2S/c1-11(18-10-16-12(2)19-13(3)23-16)9-17(21)20-14-5-7-15(22-4)8-6-14/h5-8,11,18H,9-10H2,1-4H3,(H,20,21)/t11-/m1/s1. The first-order valence-corrected chi connectivity index (χ1v) is 8.39. The number of amides is 1. The molecule has 0 fully saturated rings. The lowest BCUT2D eigenvalue weighted by molar-refractivity contribution is -0.116. The molecule has 0 aliphatic rings. The van der Waals surface area contributed by atoms with E-state index in [1.54, 1.807) is 18.4 Å². The Morgan fingerprint density at radius 1 is 1.30 bits per heavy atom. The molecule has 2 N–H and O–H groups in total. The quantitative estimate of drug-likeness (QED) is 0.816. The molecule has 0 unspecified atom stereocenters. The van der Waals surface area contributed by atoms with Crippen molar-refractivity contribution in [2.75, 3.05) is 12.4 Å². The lowest BCUT2D eigenvalue weighted by Crippen LogP contribution is -2.30. The lowest BCUT2D eigenvalue weighted by atomic mass is 10.2. The average Bonchev–Trinajstić information content (AvgIpc) is 2.83. The third-order valence-electron chi connectivity index (χ3n) is 3.48. The molecule has 1 amide bonds. The van der Waals surface area contributed by atoms with Crippen molar-refractivity contribution in [3.63, 3.8) is 0 Å². The predicted octanol–water partition coefficient (Wildman–Crippen LogP) is 3.28. The predicted molar refractivity (Wildman–Crippen MR) is 94.1 cm³/mol. The second-order valence-corrected chi connectivity index (χ2v) is 6.79. The summed E-state index contributed by atoms with van der Waals surface area (Å²) < 4.78 is 5.10. The van der Waals surface area contributed by atoms with Crippen LogP contribution in [0.15, 0.2) is 24.3 Å². The van der Waals surface area contributed by atoms with Crippen molar-refractivity contribution in [2.24, 2.45) is 0 Å². The third-order valence-corrected chi connectivity index (χ3v) is 4.55. The van der Waals surface area contributed by atoms with Gasteiger partial charge in [-0.25, -0.2) is 4.98 Å². The smallest absolute Gasteiger partial charge is 0.225 e. The second kappa shape index (κ2) is 8.08. The van der Waals surface area contributed by atoms with E-state index in [0.717, 1.165) is 28.7 Å². The van der Waals surface area contributed by atoms with Crippen LogP contribution in [0.25, 0.3) is 0 Å². The number of anilines is 1. The van der Waals surface area contributed by atoms with Gasteiger partial charge in [0, 0.05) is 29.6 Å².